The minimum atomic E-state index is 0. The minimum Gasteiger partial charge on any atom is -0.469 e. The summed E-state index contributed by atoms with van der Waals surface area (Å²) >= 11 is 0. The first-order chi connectivity index (χ1) is 15.3. The number of benzene rings is 1. The zero-order valence-corrected chi connectivity index (χ0v) is 21.2. The Labute approximate surface area is 208 Å². The van der Waals surface area contributed by atoms with Gasteiger partial charge < -0.3 is 24.1 Å². The van der Waals surface area contributed by atoms with Gasteiger partial charge in [-0.3, -0.25) is 9.89 Å². The average molecular weight is 554 g/mol. The third-order valence-corrected chi connectivity index (χ3v) is 5.92. The van der Waals surface area contributed by atoms with E-state index in [9.17, 15) is 0 Å². The molecule has 2 aromatic rings. The average Bonchev–Trinajstić information content (AvgIpc) is 3.33. The largest absolute Gasteiger partial charge is 0.469 e. The Balaban J connectivity index is 0.00000289. The van der Waals surface area contributed by atoms with Crippen LogP contribution in [-0.2, 0) is 15.9 Å². The molecule has 1 aromatic carbocycles. The molecule has 4 rings (SSSR count). The molecule has 32 heavy (non-hydrogen) atoms. The summed E-state index contributed by atoms with van der Waals surface area (Å²) in [7, 11) is 0. The number of furan rings is 1. The monoisotopic (exact) mass is 554 g/mol. The summed E-state index contributed by atoms with van der Waals surface area (Å²) in [5, 5.41) is 3.57. The Kier molecular flexibility index (Phi) is 10.3. The number of nitrogens with one attached hydrogen (secondary N) is 1. The van der Waals surface area contributed by atoms with E-state index in [0.717, 1.165) is 77.2 Å². The highest BCUT2D eigenvalue weighted by Gasteiger charge is 2.25. The van der Waals surface area contributed by atoms with Gasteiger partial charge in [-0.2, -0.15) is 0 Å². The van der Waals surface area contributed by atoms with Gasteiger partial charge in [0, 0.05) is 39.1 Å². The van der Waals surface area contributed by atoms with Crippen LogP contribution in [0.3, 0.4) is 0 Å². The van der Waals surface area contributed by atoms with Crippen molar-refractivity contribution < 1.29 is 13.9 Å². The Morgan fingerprint density at radius 3 is 2.72 bits per heavy atom. The molecule has 0 radical (unpaired) electrons. The highest BCUT2D eigenvalue weighted by molar-refractivity contribution is 14.0. The maximum absolute atomic E-state index is 6.13. The third kappa shape index (κ3) is 7.19. The van der Waals surface area contributed by atoms with Gasteiger partial charge in [-0.05, 0) is 30.2 Å². The van der Waals surface area contributed by atoms with Gasteiger partial charge in [-0.1, -0.05) is 24.3 Å². The van der Waals surface area contributed by atoms with Crippen molar-refractivity contribution in [3.05, 3.63) is 59.5 Å². The zero-order valence-electron chi connectivity index (χ0n) is 18.9. The molecule has 0 spiro atoms. The van der Waals surface area contributed by atoms with E-state index in [-0.39, 0.29) is 30.1 Å². The van der Waals surface area contributed by atoms with E-state index in [1.807, 2.05) is 12.1 Å². The lowest BCUT2D eigenvalue weighted by Gasteiger charge is -2.36. The molecule has 0 bridgehead atoms. The molecule has 1 aromatic heterocycles. The fourth-order valence-electron chi connectivity index (χ4n) is 4.12. The normalized spacial score (nSPS) is 20.1. The second-order valence-corrected chi connectivity index (χ2v) is 8.08. The van der Waals surface area contributed by atoms with E-state index in [1.54, 1.807) is 6.26 Å². The van der Waals surface area contributed by atoms with Crippen molar-refractivity contribution in [3.63, 3.8) is 0 Å². The van der Waals surface area contributed by atoms with Crippen LogP contribution in [0.15, 0.2) is 52.1 Å². The molecule has 2 fully saturated rings. The predicted molar refractivity (Wildman–Crippen MR) is 137 cm³/mol. The van der Waals surface area contributed by atoms with Crippen molar-refractivity contribution in [1.29, 1.82) is 0 Å². The number of nitrogens with zero attached hydrogens (tertiary/aromatic N) is 3. The van der Waals surface area contributed by atoms with Crippen LogP contribution in [-0.4, -0.2) is 81.4 Å². The summed E-state index contributed by atoms with van der Waals surface area (Å²) in [5.74, 6) is 1.95. The first-order valence-electron chi connectivity index (χ1n) is 11.3. The number of aryl methyl sites for hydroxylation is 1. The van der Waals surface area contributed by atoms with Gasteiger partial charge in [0.2, 0.25) is 0 Å². The van der Waals surface area contributed by atoms with Crippen molar-refractivity contribution >= 4 is 29.9 Å². The molecule has 1 unspecified atom stereocenters. The number of hydrogen-bond donors (Lipinski definition) is 1. The van der Waals surface area contributed by atoms with Crippen LogP contribution in [0.1, 0.15) is 23.0 Å². The predicted octanol–water partition coefficient (Wildman–Crippen LogP) is 3.10. The second-order valence-electron chi connectivity index (χ2n) is 8.08. The topological polar surface area (TPSA) is 62.5 Å². The smallest absolute Gasteiger partial charge is 0.194 e. The Hall–Kier alpha value is -1.62. The van der Waals surface area contributed by atoms with Gasteiger partial charge in [0.1, 0.15) is 11.9 Å². The first-order valence-corrected chi connectivity index (χ1v) is 11.3. The second kappa shape index (κ2) is 13.2. The molecule has 2 aliphatic heterocycles. The van der Waals surface area contributed by atoms with Crippen LogP contribution in [0.25, 0.3) is 0 Å². The van der Waals surface area contributed by atoms with Crippen LogP contribution in [0.5, 0.6) is 0 Å². The lowest BCUT2D eigenvalue weighted by Crippen LogP contribution is -2.49. The standard InChI is InChI=1S/C24H34N4O3.HI/c1-20-5-2-3-7-22(20)23-19-28(14-18-31-23)24(25-9-8-21-6-4-15-30-21)26-10-11-27-12-16-29-17-13-27;/h2-7,15,23H,8-14,16-19H2,1H3,(H,25,26);1H. The Morgan fingerprint density at radius 1 is 1.09 bits per heavy atom. The van der Waals surface area contributed by atoms with Crippen molar-refractivity contribution in [2.75, 3.05) is 65.6 Å². The van der Waals surface area contributed by atoms with Gasteiger partial charge in [-0.25, -0.2) is 0 Å². The number of rotatable bonds is 7. The van der Waals surface area contributed by atoms with Gasteiger partial charge in [0.15, 0.2) is 5.96 Å². The molecular weight excluding hydrogens is 519 g/mol. The van der Waals surface area contributed by atoms with Crippen LogP contribution in [0.4, 0.5) is 0 Å². The number of guanidine groups is 1. The molecule has 0 saturated carbocycles. The molecule has 1 atom stereocenters. The van der Waals surface area contributed by atoms with Gasteiger partial charge in [-0.15, -0.1) is 24.0 Å². The molecule has 1 N–H and O–H groups in total. The molecule has 2 aliphatic rings. The summed E-state index contributed by atoms with van der Waals surface area (Å²) < 4.78 is 17.1. The summed E-state index contributed by atoms with van der Waals surface area (Å²) in [6.45, 7) is 10.6. The molecule has 8 heteroatoms. The summed E-state index contributed by atoms with van der Waals surface area (Å²) in [6, 6.07) is 12.4. The lowest BCUT2D eigenvalue weighted by molar-refractivity contribution is -0.00840. The van der Waals surface area contributed by atoms with Crippen LogP contribution in [0.2, 0.25) is 0 Å². The highest BCUT2D eigenvalue weighted by Crippen LogP contribution is 2.25. The van der Waals surface area contributed by atoms with Crippen molar-refractivity contribution in [3.8, 4) is 0 Å². The van der Waals surface area contributed by atoms with E-state index < -0.39 is 0 Å². The summed E-state index contributed by atoms with van der Waals surface area (Å²) in [4.78, 5) is 9.73. The third-order valence-electron chi connectivity index (χ3n) is 5.92. The molecular formula is C24H35IN4O3. The number of ether oxygens (including phenoxy) is 2. The van der Waals surface area contributed by atoms with E-state index >= 15 is 0 Å². The molecule has 0 aliphatic carbocycles. The van der Waals surface area contributed by atoms with E-state index in [2.05, 4.69) is 46.3 Å². The maximum atomic E-state index is 6.13. The van der Waals surface area contributed by atoms with Gasteiger partial charge in [0.05, 0.1) is 39.2 Å². The molecule has 176 valence electrons. The highest BCUT2D eigenvalue weighted by atomic mass is 127. The van der Waals surface area contributed by atoms with E-state index in [1.165, 1.54) is 11.1 Å². The number of morpholine rings is 2. The van der Waals surface area contributed by atoms with Crippen LogP contribution < -0.4 is 5.32 Å². The van der Waals surface area contributed by atoms with Gasteiger partial charge >= 0.3 is 0 Å². The maximum Gasteiger partial charge on any atom is 0.194 e. The zero-order chi connectivity index (χ0) is 21.3. The molecule has 0 amide bonds. The summed E-state index contributed by atoms with van der Waals surface area (Å²) in [5.41, 5.74) is 2.53. The van der Waals surface area contributed by atoms with Gasteiger partial charge in [0.25, 0.3) is 0 Å². The lowest BCUT2D eigenvalue weighted by atomic mass is 10.0. The molecule has 2 saturated heterocycles. The van der Waals surface area contributed by atoms with E-state index in [4.69, 9.17) is 18.9 Å². The fraction of sp³-hybridized carbons (Fsp3) is 0.542. The minimum absolute atomic E-state index is 0. The quantitative estimate of drug-likeness (QED) is 0.323. The Bertz CT molecular complexity index is 824. The van der Waals surface area contributed by atoms with Crippen molar-refractivity contribution in [2.45, 2.75) is 19.4 Å². The van der Waals surface area contributed by atoms with Crippen molar-refractivity contribution in [1.82, 2.24) is 15.1 Å². The summed E-state index contributed by atoms with van der Waals surface area (Å²) in [6.07, 6.45) is 2.62. The fourth-order valence-corrected chi connectivity index (χ4v) is 4.12. The molecule has 3 heterocycles. The van der Waals surface area contributed by atoms with Crippen LogP contribution >= 0.6 is 24.0 Å². The first kappa shape index (κ1) is 25.0. The Morgan fingerprint density at radius 2 is 1.94 bits per heavy atom. The van der Waals surface area contributed by atoms with Crippen LogP contribution in [0, 0.1) is 6.92 Å². The molecule has 7 nitrogen and oxygen atoms in total. The number of hydrogen-bond acceptors (Lipinski definition) is 5. The number of aliphatic imine (C=N–C) groups is 1. The van der Waals surface area contributed by atoms with Crippen molar-refractivity contribution in [2.24, 2.45) is 4.99 Å². The number of halogens is 1. The van der Waals surface area contributed by atoms with E-state index in [0.29, 0.717) is 6.61 Å². The SMILES string of the molecule is Cc1ccccc1C1CN(C(=NCCN2CCOCC2)NCCc2ccco2)CCO1.I.